The van der Waals surface area contributed by atoms with E-state index in [9.17, 15) is 9.59 Å². The van der Waals surface area contributed by atoms with Crippen LogP contribution < -0.4 is 0 Å². The fraction of sp³-hybridized carbons (Fsp3) is 0.500. The van der Waals surface area contributed by atoms with Gasteiger partial charge in [0.15, 0.2) is 0 Å². The number of hydrogen-bond donors (Lipinski definition) is 0. The van der Waals surface area contributed by atoms with Crippen molar-refractivity contribution < 1.29 is 9.59 Å². The van der Waals surface area contributed by atoms with Gasteiger partial charge in [-0.3, -0.25) is 9.69 Å². The molecular formula is C8H12N2O2. The highest BCUT2D eigenvalue weighted by Gasteiger charge is 2.32. The largest absolute Gasteiger partial charge is 0.327 e. The van der Waals surface area contributed by atoms with Crippen molar-refractivity contribution in [2.45, 2.75) is 6.92 Å². The summed E-state index contributed by atoms with van der Waals surface area (Å²) in [5.74, 6) is -0.124. The molecule has 4 nitrogen and oxygen atoms in total. The first-order valence-corrected chi connectivity index (χ1v) is 3.83. The number of carbonyl (C=O) groups is 2. The third-order valence-electron chi connectivity index (χ3n) is 1.75. The zero-order chi connectivity index (χ0) is 9.14. The molecule has 66 valence electrons. The van der Waals surface area contributed by atoms with Gasteiger partial charge in [-0.2, -0.15) is 0 Å². The van der Waals surface area contributed by atoms with E-state index < -0.39 is 0 Å². The van der Waals surface area contributed by atoms with Gasteiger partial charge in [0.05, 0.1) is 0 Å². The monoisotopic (exact) mass is 168 g/mol. The van der Waals surface area contributed by atoms with E-state index in [1.54, 1.807) is 13.1 Å². The number of urea groups is 1. The molecular weight excluding hydrogens is 156 g/mol. The van der Waals surface area contributed by atoms with Crippen LogP contribution in [-0.2, 0) is 4.79 Å². The number of likely N-dealkylation sites (N-methyl/N-ethyl adjacent to an activating group) is 1. The van der Waals surface area contributed by atoms with Gasteiger partial charge >= 0.3 is 6.03 Å². The molecule has 1 aliphatic rings. The second kappa shape index (κ2) is 3.38. The molecule has 0 aromatic rings. The van der Waals surface area contributed by atoms with Crippen LogP contribution in [0.25, 0.3) is 0 Å². The molecule has 0 radical (unpaired) electrons. The molecule has 1 fully saturated rings. The van der Waals surface area contributed by atoms with E-state index >= 15 is 0 Å². The summed E-state index contributed by atoms with van der Waals surface area (Å²) in [6.07, 6.45) is 3.60. The smallest absolute Gasteiger partial charge is 0.318 e. The molecule has 0 aliphatic carbocycles. The summed E-state index contributed by atoms with van der Waals surface area (Å²) >= 11 is 0. The maximum atomic E-state index is 11.2. The average Bonchev–Trinajstić information content (AvgIpc) is 2.25. The molecule has 0 saturated carbocycles. The lowest BCUT2D eigenvalue weighted by atomic mass is 10.4. The molecule has 3 amide bonds. The van der Waals surface area contributed by atoms with Gasteiger partial charge in [0.25, 0.3) is 5.91 Å². The Bertz CT molecular complexity index is 235. The Morgan fingerprint density at radius 1 is 1.50 bits per heavy atom. The summed E-state index contributed by atoms with van der Waals surface area (Å²) in [4.78, 5) is 25.0. The topological polar surface area (TPSA) is 40.6 Å². The fourth-order valence-electron chi connectivity index (χ4n) is 1.06. The quantitative estimate of drug-likeness (QED) is 0.444. The fourth-order valence-corrected chi connectivity index (χ4v) is 1.06. The Hall–Kier alpha value is -1.32. The van der Waals surface area contributed by atoms with Crippen LogP contribution in [0.1, 0.15) is 6.92 Å². The van der Waals surface area contributed by atoms with Crippen LogP contribution in [0.4, 0.5) is 4.79 Å². The van der Waals surface area contributed by atoms with Crippen molar-refractivity contribution in [3.05, 3.63) is 12.2 Å². The van der Waals surface area contributed by atoms with Gasteiger partial charge in [-0.25, -0.2) is 4.79 Å². The van der Waals surface area contributed by atoms with Crippen LogP contribution in [0.5, 0.6) is 0 Å². The number of rotatable bonds is 2. The second-order valence-electron chi connectivity index (χ2n) is 2.71. The van der Waals surface area contributed by atoms with Crippen LogP contribution in [0.3, 0.4) is 0 Å². The third kappa shape index (κ3) is 1.47. The maximum Gasteiger partial charge on any atom is 0.327 e. The predicted octanol–water partition coefficient (Wildman–Crippen LogP) is 0.457. The summed E-state index contributed by atoms with van der Waals surface area (Å²) < 4.78 is 0. The Balaban J connectivity index is 2.64. The highest BCUT2D eigenvalue weighted by atomic mass is 16.2. The molecule has 0 aromatic heterocycles. The summed E-state index contributed by atoms with van der Waals surface area (Å²) in [5.41, 5.74) is 0. The van der Waals surface area contributed by atoms with Crippen LogP contribution in [0.15, 0.2) is 12.2 Å². The molecule has 12 heavy (non-hydrogen) atoms. The number of amides is 3. The van der Waals surface area contributed by atoms with Gasteiger partial charge in [0.1, 0.15) is 6.54 Å². The van der Waals surface area contributed by atoms with Crippen LogP contribution in [-0.4, -0.2) is 41.9 Å². The number of nitrogens with zero attached hydrogens (tertiary/aromatic N) is 2. The van der Waals surface area contributed by atoms with Gasteiger partial charge in [-0.05, 0) is 6.92 Å². The normalized spacial score (nSPS) is 18.5. The van der Waals surface area contributed by atoms with E-state index in [4.69, 9.17) is 0 Å². The summed E-state index contributed by atoms with van der Waals surface area (Å²) in [6, 6.07) is -0.210. The number of allylic oxidation sites excluding steroid dienone is 1. The van der Waals surface area contributed by atoms with Gasteiger partial charge < -0.3 is 4.90 Å². The van der Waals surface area contributed by atoms with Gasteiger partial charge in [0, 0.05) is 13.6 Å². The van der Waals surface area contributed by atoms with Crippen molar-refractivity contribution in [2.24, 2.45) is 0 Å². The van der Waals surface area contributed by atoms with Gasteiger partial charge in [-0.15, -0.1) is 0 Å². The molecule has 1 saturated heterocycles. The average molecular weight is 168 g/mol. The molecule has 1 aliphatic heterocycles. The number of imide groups is 1. The Morgan fingerprint density at radius 2 is 2.17 bits per heavy atom. The minimum absolute atomic E-state index is 0.124. The Kier molecular flexibility index (Phi) is 2.47. The molecule has 0 bridgehead atoms. The first-order valence-electron chi connectivity index (χ1n) is 3.83. The van der Waals surface area contributed by atoms with Gasteiger partial charge in [0.2, 0.25) is 0 Å². The third-order valence-corrected chi connectivity index (χ3v) is 1.75. The molecule has 0 aromatic carbocycles. The molecule has 0 N–H and O–H groups in total. The highest BCUT2D eigenvalue weighted by molar-refractivity contribution is 6.01. The minimum Gasteiger partial charge on any atom is -0.318 e. The molecule has 4 heteroatoms. The zero-order valence-electron chi connectivity index (χ0n) is 7.28. The molecule has 1 heterocycles. The highest BCUT2D eigenvalue weighted by Crippen LogP contribution is 2.06. The van der Waals surface area contributed by atoms with Crippen molar-refractivity contribution >= 4 is 11.9 Å². The summed E-state index contributed by atoms with van der Waals surface area (Å²) in [7, 11) is 1.62. The lowest BCUT2D eigenvalue weighted by Gasteiger charge is -2.10. The van der Waals surface area contributed by atoms with Gasteiger partial charge in [-0.1, -0.05) is 12.2 Å². The Morgan fingerprint density at radius 3 is 2.58 bits per heavy atom. The summed E-state index contributed by atoms with van der Waals surface area (Å²) in [6.45, 7) is 2.45. The van der Waals surface area contributed by atoms with E-state index in [0.717, 1.165) is 0 Å². The number of carbonyl (C=O) groups excluding carboxylic acids is 2. The van der Waals surface area contributed by atoms with Crippen LogP contribution >= 0.6 is 0 Å². The van der Waals surface area contributed by atoms with Crippen molar-refractivity contribution in [3.8, 4) is 0 Å². The molecule has 0 unspecified atom stereocenters. The van der Waals surface area contributed by atoms with E-state index in [2.05, 4.69) is 0 Å². The lowest BCUT2D eigenvalue weighted by molar-refractivity contribution is -0.124. The first kappa shape index (κ1) is 8.77. The van der Waals surface area contributed by atoms with Crippen LogP contribution in [0.2, 0.25) is 0 Å². The van der Waals surface area contributed by atoms with Crippen molar-refractivity contribution in [3.63, 3.8) is 0 Å². The second-order valence-corrected chi connectivity index (χ2v) is 2.71. The van der Waals surface area contributed by atoms with E-state index in [0.29, 0.717) is 6.54 Å². The maximum absolute atomic E-state index is 11.2. The minimum atomic E-state index is -0.210. The Labute approximate surface area is 71.4 Å². The summed E-state index contributed by atoms with van der Waals surface area (Å²) in [5, 5.41) is 0. The molecule has 0 atom stereocenters. The van der Waals surface area contributed by atoms with E-state index in [-0.39, 0.29) is 18.5 Å². The van der Waals surface area contributed by atoms with Crippen molar-refractivity contribution in [1.29, 1.82) is 0 Å². The van der Waals surface area contributed by atoms with E-state index in [1.165, 1.54) is 9.80 Å². The first-order chi connectivity index (χ1) is 5.66. The molecule has 1 rings (SSSR count). The standard InChI is InChI=1S/C8H12N2O2/c1-3-4-5-10-7(11)6-9(2)8(10)12/h3-4H,5-6H2,1-2H3/b4-3+. The van der Waals surface area contributed by atoms with E-state index in [1.807, 2.05) is 13.0 Å². The SMILES string of the molecule is C/C=C/CN1C(=O)CN(C)C1=O. The lowest BCUT2D eigenvalue weighted by Crippen LogP contribution is -2.31. The zero-order valence-corrected chi connectivity index (χ0v) is 7.28. The van der Waals surface area contributed by atoms with Crippen LogP contribution in [0, 0.1) is 0 Å². The number of hydrogen-bond acceptors (Lipinski definition) is 2. The molecule has 0 spiro atoms. The van der Waals surface area contributed by atoms with Crippen molar-refractivity contribution in [2.75, 3.05) is 20.1 Å². The predicted molar refractivity (Wildman–Crippen MR) is 44.6 cm³/mol. The van der Waals surface area contributed by atoms with Crippen molar-refractivity contribution in [1.82, 2.24) is 9.80 Å².